The summed E-state index contributed by atoms with van der Waals surface area (Å²) in [7, 11) is 0. The second-order valence-corrected chi connectivity index (χ2v) is 7.14. The van der Waals surface area contributed by atoms with Crippen molar-refractivity contribution in [3.63, 3.8) is 0 Å². The molecule has 0 amide bonds. The molecule has 21 heavy (non-hydrogen) atoms. The Morgan fingerprint density at radius 3 is 2.81 bits per heavy atom. The van der Waals surface area contributed by atoms with Gasteiger partial charge in [-0.15, -0.1) is 11.8 Å². The van der Waals surface area contributed by atoms with E-state index in [4.69, 9.17) is 0 Å². The molecule has 1 aromatic carbocycles. The van der Waals surface area contributed by atoms with Gasteiger partial charge >= 0.3 is 0 Å². The Morgan fingerprint density at radius 2 is 2.10 bits per heavy atom. The highest BCUT2D eigenvalue weighted by Crippen LogP contribution is 2.36. The highest BCUT2D eigenvalue weighted by molar-refractivity contribution is 7.99. The van der Waals surface area contributed by atoms with Crippen LogP contribution in [-0.2, 0) is 0 Å². The lowest BCUT2D eigenvalue weighted by Gasteiger charge is -2.37. The van der Waals surface area contributed by atoms with Crippen molar-refractivity contribution in [2.75, 3.05) is 12.3 Å². The molecule has 0 aromatic heterocycles. The average Bonchev–Trinajstić information content (AvgIpc) is 2.51. The van der Waals surface area contributed by atoms with Crippen molar-refractivity contribution >= 4 is 11.8 Å². The van der Waals surface area contributed by atoms with E-state index in [1.165, 1.54) is 38.2 Å². The van der Waals surface area contributed by atoms with Crippen LogP contribution >= 0.6 is 11.8 Å². The van der Waals surface area contributed by atoms with E-state index in [9.17, 15) is 4.39 Å². The molecule has 0 aliphatic heterocycles. The minimum absolute atomic E-state index is 0.135. The van der Waals surface area contributed by atoms with Crippen molar-refractivity contribution in [2.24, 2.45) is 11.8 Å². The van der Waals surface area contributed by atoms with E-state index in [1.54, 1.807) is 23.9 Å². The molecule has 3 unspecified atom stereocenters. The van der Waals surface area contributed by atoms with Crippen LogP contribution < -0.4 is 5.32 Å². The molecule has 0 heterocycles. The molecule has 0 saturated heterocycles. The summed E-state index contributed by atoms with van der Waals surface area (Å²) in [6.07, 6.45) is 6.78. The van der Waals surface area contributed by atoms with Gasteiger partial charge in [0.05, 0.1) is 0 Å². The van der Waals surface area contributed by atoms with Crippen molar-refractivity contribution in [3.05, 3.63) is 30.1 Å². The first kappa shape index (κ1) is 16.8. The van der Waals surface area contributed by atoms with Crippen LogP contribution in [0.25, 0.3) is 0 Å². The Hall–Kier alpha value is -0.540. The van der Waals surface area contributed by atoms with Gasteiger partial charge < -0.3 is 5.32 Å². The Morgan fingerprint density at radius 1 is 1.29 bits per heavy atom. The van der Waals surface area contributed by atoms with Gasteiger partial charge in [0.2, 0.25) is 0 Å². The molecule has 3 heteroatoms. The molecule has 2 rings (SSSR count). The second kappa shape index (κ2) is 8.79. The highest BCUT2D eigenvalue weighted by Gasteiger charge is 2.30. The van der Waals surface area contributed by atoms with Crippen LogP contribution in [0, 0.1) is 17.7 Å². The van der Waals surface area contributed by atoms with Gasteiger partial charge in [0.1, 0.15) is 5.82 Å². The maximum Gasteiger partial charge on any atom is 0.124 e. The second-order valence-electron chi connectivity index (χ2n) is 6.05. The van der Waals surface area contributed by atoms with Gasteiger partial charge in [0.15, 0.2) is 0 Å². The third-order valence-electron chi connectivity index (χ3n) is 4.70. The minimum Gasteiger partial charge on any atom is -0.313 e. The van der Waals surface area contributed by atoms with Crippen LogP contribution in [0.2, 0.25) is 0 Å². The van der Waals surface area contributed by atoms with E-state index in [1.807, 2.05) is 6.07 Å². The molecule has 0 spiro atoms. The number of thioether (sulfide) groups is 1. The predicted octanol–water partition coefficient (Wildman–Crippen LogP) is 5.11. The van der Waals surface area contributed by atoms with E-state index in [0.717, 1.165) is 29.0 Å². The van der Waals surface area contributed by atoms with Gasteiger partial charge in [-0.1, -0.05) is 45.6 Å². The Bertz CT molecular complexity index is 423. The monoisotopic (exact) mass is 309 g/mol. The summed E-state index contributed by atoms with van der Waals surface area (Å²) in [5.41, 5.74) is 0. The van der Waals surface area contributed by atoms with Crippen LogP contribution in [-0.4, -0.2) is 18.3 Å². The first-order valence-electron chi connectivity index (χ1n) is 8.36. The van der Waals surface area contributed by atoms with Gasteiger partial charge in [0.25, 0.3) is 0 Å². The zero-order valence-electron chi connectivity index (χ0n) is 13.3. The van der Waals surface area contributed by atoms with E-state index in [-0.39, 0.29) is 5.82 Å². The standard InChI is InChI=1S/C18H28FNS/c1-3-14-8-5-6-11-17(14)18(20-4-2)13-21-16-10-7-9-15(19)12-16/h7,9-10,12,14,17-18,20H,3-6,8,11,13H2,1-2H3. The molecular weight excluding hydrogens is 281 g/mol. The molecule has 1 aliphatic rings. The van der Waals surface area contributed by atoms with Gasteiger partial charge in [-0.25, -0.2) is 4.39 Å². The first-order chi connectivity index (χ1) is 10.2. The van der Waals surface area contributed by atoms with Gasteiger partial charge in [-0.3, -0.25) is 0 Å². The molecule has 118 valence electrons. The summed E-state index contributed by atoms with van der Waals surface area (Å²) in [5, 5.41) is 3.69. The quantitative estimate of drug-likeness (QED) is 0.702. The number of halogens is 1. The Balaban J connectivity index is 1.97. The summed E-state index contributed by atoms with van der Waals surface area (Å²) in [5.74, 6) is 2.54. The number of benzene rings is 1. The van der Waals surface area contributed by atoms with Crippen LogP contribution in [0.15, 0.2) is 29.2 Å². The molecule has 1 aliphatic carbocycles. The molecule has 3 atom stereocenters. The lowest BCUT2D eigenvalue weighted by molar-refractivity contribution is 0.186. The smallest absolute Gasteiger partial charge is 0.124 e. The molecule has 1 aromatic rings. The van der Waals surface area contributed by atoms with Crippen molar-refractivity contribution in [1.29, 1.82) is 0 Å². The molecule has 0 bridgehead atoms. The van der Waals surface area contributed by atoms with E-state index < -0.39 is 0 Å². The summed E-state index contributed by atoms with van der Waals surface area (Å²) in [6.45, 7) is 5.52. The zero-order chi connectivity index (χ0) is 15.1. The number of rotatable bonds is 7. The molecule has 0 radical (unpaired) electrons. The SMILES string of the molecule is CCNC(CSc1cccc(F)c1)C1CCCCC1CC. The molecular formula is C18H28FNS. The average molecular weight is 309 g/mol. The van der Waals surface area contributed by atoms with Crippen molar-refractivity contribution in [3.8, 4) is 0 Å². The van der Waals surface area contributed by atoms with Crippen molar-refractivity contribution < 1.29 is 4.39 Å². The van der Waals surface area contributed by atoms with Crippen molar-refractivity contribution in [2.45, 2.75) is 56.9 Å². The number of hydrogen-bond donors (Lipinski definition) is 1. The van der Waals surface area contributed by atoms with Crippen LogP contribution in [0.3, 0.4) is 0 Å². The van der Waals surface area contributed by atoms with Crippen LogP contribution in [0.1, 0.15) is 46.0 Å². The number of hydrogen-bond acceptors (Lipinski definition) is 2. The van der Waals surface area contributed by atoms with E-state index in [0.29, 0.717) is 6.04 Å². The Kier molecular flexibility index (Phi) is 7.05. The summed E-state index contributed by atoms with van der Waals surface area (Å²) in [6, 6.07) is 7.52. The van der Waals surface area contributed by atoms with Crippen molar-refractivity contribution in [1.82, 2.24) is 5.32 Å². The summed E-state index contributed by atoms with van der Waals surface area (Å²) in [4.78, 5) is 1.04. The maximum atomic E-state index is 13.3. The van der Waals surface area contributed by atoms with E-state index in [2.05, 4.69) is 19.2 Å². The fraction of sp³-hybridized carbons (Fsp3) is 0.667. The molecule has 1 N–H and O–H groups in total. The van der Waals surface area contributed by atoms with Crippen LogP contribution in [0.5, 0.6) is 0 Å². The largest absolute Gasteiger partial charge is 0.313 e. The third-order valence-corrected chi connectivity index (χ3v) is 5.81. The maximum absolute atomic E-state index is 13.3. The highest BCUT2D eigenvalue weighted by atomic mass is 32.2. The molecule has 1 nitrogen and oxygen atoms in total. The topological polar surface area (TPSA) is 12.0 Å². The Labute approximate surface area is 133 Å². The lowest BCUT2D eigenvalue weighted by atomic mass is 9.74. The minimum atomic E-state index is -0.135. The van der Waals surface area contributed by atoms with Gasteiger partial charge in [-0.2, -0.15) is 0 Å². The number of nitrogens with one attached hydrogen (secondary N) is 1. The fourth-order valence-electron chi connectivity index (χ4n) is 3.61. The lowest BCUT2D eigenvalue weighted by Crippen LogP contribution is -2.42. The summed E-state index contributed by atoms with van der Waals surface area (Å²) < 4.78 is 13.3. The zero-order valence-corrected chi connectivity index (χ0v) is 14.1. The predicted molar refractivity (Wildman–Crippen MR) is 90.3 cm³/mol. The molecule has 1 saturated carbocycles. The normalized spacial score (nSPS) is 24.0. The first-order valence-corrected chi connectivity index (χ1v) is 9.34. The third kappa shape index (κ3) is 5.00. The summed E-state index contributed by atoms with van der Waals surface area (Å²) >= 11 is 1.79. The van der Waals surface area contributed by atoms with Gasteiger partial charge in [0, 0.05) is 16.7 Å². The van der Waals surface area contributed by atoms with Gasteiger partial charge in [-0.05, 0) is 43.0 Å². The van der Waals surface area contributed by atoms with Crippen LogP contribution in [0.4, 0.5) is 4.39 Å². The molecule has 1 fully saturated rings. The van der Waals surface area contributed by atoms with E-state index >= 15 is 0 Å². The fourth-order valence-corrected chi connectivity index (χ4v) is 4.72.